The van der Waals surface area contributed by atoms with Crippen molar-refractivity contribution >= 4 is 21.8 Å². The summed E-state index contributed by atoms with van der Waals surface area (Å²) in [5.41, 5.74) is 7.49. The van der Waals surface area contributed by atoms with Crippen LogP contribution in [-0.2, 0) is 19.6 Å². The molecule has 0 saturated heterocycles. The first-order valence-corrected chi connectivity index (χ1v) is 10.6. The molecular formula is C22H24N2O5S. The number of hydrogen-bond donors (Lipinski definition) is 1. The summed E-state index contributed by atoms with van der Waals surface area (Å²) in [6.45, 7) is 8.77. The molecule has 0 fully saturated rings. The highest BCUT2D eigenvalue weighted by molar-refractivity contribution is 7.89. The predicted molar refractivity (Wildman–Crippen MR) is 115 cm³/mol. The number of nitrogens with two attached hydrogens (primary N) is 1. The van der Waals surface area contributed by atoms with Crippen LogP contribution in [0.3, 0.4) is 0 Å². The van der Waals surface area contributed by atoms with E-state index >= 15 is 0 Å². The molecule has 2 aromatic carbocycles. The molecular weight excluding hydrogens is 404 g/mol. The highest BCUT2D eigenvalue weighted by atomic mass is 32.2. The van der Waals surface area contributed by atoms with E-state index in [1.165, 1.54) is 6.08 Å². The van der Waals surface area contributed by atoms with E-state index in [0.29, 0.717) is 9.87 Å². The van der Waals surface area contributed by atoms with Gasteiger partial charge in [0, 0.05) is 16.7 Å². The molecule has 0 saturated carbocycles. The van der Waals surface area contributed by atoms with Crippen molar-refractivity contribution in [1.82, 2.24) is 4.31 Å². The molecule has 1 atom stereocenters. The van der Waals surface area contributed by atoms with Gasteiger partial charge in [0.1, 0.15) is 11.9 Å². The number of sulfonamides is 1. The van der Waals surface area contributed by atoms with Crippen molar-refractivity contribution in [1.29, 1.82) is 0 Å². The van der Waals surface area contributed by atoms with Gasteiger partial charge in [-0.25, -0.2) is 17.5 Å². The molecule has 0 bridgehead atoms. The summed E-state index contributed by atoms with van der Waals surface area (Å²) in [6, 6.07) is 13.4. The molecule has 0 aliphatic heterocycles. The Kier molecular flexibility index (Phi) is 7.31. The third-order valence-corrected chi connectivity index (χ3v) is 6.08. The van der Waals surface area contributed by atoms with E-state index in [1.807, 2.05) is 0 Å². The van der Waals surface area contributed by atoms with Crippen molar-refractivity contribution in [3.63, 3.8) is 0 Å². The molecule has 2 N–H and O–H groups in total. The highest BCUT2D eigenvalue weighted by Crippen LogP contribution is 2.29. The smallest absolute Gasteiger partial charge is 0.354 e. The standard InChI is InChI=1S/C22H24N2O5S/c1-5-13-30(27,28)24(16(3)22(26)29-4)21(23)19-14-15(2)11-12-18(19)20(25)17-9-7-6-8-10-17/h5-12,14,21H,1,3,13,23H2,2,4H3. The van der Waals surface area contributed by atoms with Crippen LogP contribution in [0, 0.1) is 6.92 Å². The second-order valence-electron chi connectivity index (χ2n) is 6.53. The average Bonchev–Trinajstić information content (AvgIpc) is 2.72. The Balaban J connectivity index is 2.65. The van der Waals surface area contributed by atoms with Gasteiger partial charge in [0.2, 0.25) is 10.0 Å². The zero-order chi connectivity index (χ0) is 22.5. The van der Waals surface area contributed by atoms with Gasteiger partial charge in [-0.3, -0.25) is 4.79 Å². The van der Waals surface area contributed by atoms with Crippen molar-refractivity contribution < 1.29 is 22.7 Å². The summed E-state index contributed by atoms with van der Waals surface area (Å²) in [7, 11) is -3.01. The van der Waals surface area contributed by atoms with E-state index in [9.17, 15) is 18.0 Å². The summed E-state index contributed by atoms with van der Waals surface area (Å²) in [6.07, 6.45) is -0.213. The summed E-state index contributed by atoms with van der Waals surface area (Å²) in [4.78, 5) is 25.2. The Hall–Kier alpha value is -3.23. The number of ketones is 1. The van der Waals surface area contributed by atoms with Crippen molar-refractivity contribution in [3.8, 4) is 0 Å². The first-order chi connectivity index (χ1) is 14.1. The largest absolute Gasteiger partial charge is 0.464 e. The van der Waals surface area contributed by atoms with Crippen LogP contribution in [0.5, 0.6) is 0 Å². The zero-order valence-electron chi connectivity index (χ0n) is 16.9. The van der Waals surface area contributed by atoms with E-state index in [1.54, 1.807) is 55.5 Å². The summed E-state index contributed by atoms with van der Waals surface area (Å²) >= 11 is 0. The second kappa shape index (κ2) is 9.51. The molecule has 0 heterocycles. The molecule has 2 rings (SSSR count). The number of methoxy groups -OCH3 is 1. The minimum absolute atomic E-state index is 0.218. The molecule has 0 spiro atoms. The molecule has 158 valence electrons. The van der Waals surface area contributed by atoms with Crippen molar-refractivity contribution in [2.75, 3.05) is 12.9 Å². The second-order valence-corrected chi connectivity index (χ2v) is 8.42. The quantitative estimate of drug-likeness (QED) is 0.216. The minimum Gasteiger partial charge on any atom is -0.464 e. The Morgan fingerprint density at radius 2 is 1.83 bits per heavy atom. The number of carbonyl (C=O) groups excluding carboxylic acids is 2. The first-order valence-electron chi connectivity index (χ1n) is 9.00. The Morgan fingerprint density at radius 3 is 2.40 bits per heavy atom. The molecule has 0 aliphatic carbocycles. The van der Waals surface area contributed by atoms with Crippen LogP contribution in [0.15, 0.2) is 73.5 Å². The number of ether oxygens (including phenoxy) is 1. The van der Waals surface area contributed by atoms with Gasteiger partial charge in [0.05, 0.1) is 12.9 Å². The summed E-state index contributed by atoms with van der Waals surface area (Å²) < 4.78 is 31.0. The number of benzene rings is 2. The average molecular weight is 429 g/mol. The maximum Gasteiger partial charge on any atom is 0.354 e. The number of rotatable bonds is 9. The van der Waals surface area contributed by atoms with Crippen LogP contribution in [0.1, 0.15) is 33.2 Å². The molecule has 2 aromatic rings. The third-order valence-electron chi connectivity index (χ3n) is 4.37. The van der Waals surface area contributed by atoms with E-state index < -0.39 is 33.6 Å². The minimum atomic E-state index is -4.12. The number of aryl methyl sites for hydroxylation is 1. The lowest BCUT2D eigenvalue weighted by Gasteiger charge is -2.31. The Morgan fingerprint density at radius 1 is 1.20 bits per heavy atom. The monoisotopic (exact) mass is 428 g/mol. The normalized spacial score (nSPS) is 12.0. The van der Waals surface area contributed by atoms with Gasteiger partial charge in [-0.1, -0.05) is 66.7 Å². The van der Waals surface area contributed by atoms with Gasteiger partial charge in [0.25, 0.3) is 0 Å². The van der Waals surface area contributed by atoms with Gasteiger partial charge in [-0.15, -0.1) is 6.58 Å². The van der Waals surface area contributed by atoms with Gasteiger partial charge in [0.15, 0.2) is 5.78 Å². The fraction of sp³-hybridized carbons (Fsp3) is 0.182. The molecule has 0 aliphatic rings. The van der Waals surface area contributed by atoms with Crippen LogP contribution >= 0.6 is 0 Å². The lowest BCUT2D eigenvalue weighted by atomic mass is 9.95. The number of carbonyl (C=O) groups is 2. The SMILES string of the molecule is C=CCS(=O)(=O)N(C(=C)C(=O)OC)C(N)c1cc(C)ccc1C(=O)c1ccccc1. The van der Waals surface area contributed by atoms with E-state index in [2.05, 4.69) is 17.9 Å². The molecule has 30 heavy (non-hydrogen) atoms. The molecule has 0 aromatic heterocycles. The molecule has 7 nitrogen and oxygen atoms in total. The van der Waals surface area contributed by atoms with Crippen LogP contribution in [0.25, 0.3) is 0 Å². The third kappa shape index (κ3) is 4.84. The Bertz CT molecular complexity index is 1080. The highest BCUT2D eigenvalue weighted by Gasteiger charge is 2.34. The lowest BCUT2D eigenvalue weighted by Crippen LogP contribution is -2.42. The van der Waals surface area contributed by atoms with Crippen molar-refractivity contribution in [2.45, 2.75) is 13.1 Å². The van der Waals surface area contributed by atoms with E-state index in [4.69, 9.17) is 5.73 Å². The zero-order valence-corrected chi connectivity index (χ0v) is 17.7. The molecule has 1 unspecified atom stereocenters. The fourth-order valence-corrected chi connectivity index (χ4v) is 4.28. The number of esters is 1. The van der Waals surface area contributed by atoms with Crippen LogP contribution in [-0.4, -0.2) is 37.3 Å². The van der Waals surface area contributed by atoms with Crippen LogP contribution < -0.4 is 5.73 Å². The van der Waals surface area contributed by atoms with Gasteiger partial charge in [-0.2, -0.15) is 0 Å². The van der Waals surface area contributed by atoms with Crippen LogP contribution in [0.2, 0.25) is 0 Å². The first kappa shape index (κ1) is 23.1. The van der Waals surface area contributed by atoms with Crippen molar-refractivity contribution in [3.05, 3.63) is 95.7 Å². The lowest BCUT2D eigenvalue weighted by molar-refractivity contribution is -0.137. The van der Waals surface area contributed by atoms with Gasteiger partial charge >= 0.3 is 5.97 Å². The Labute approximate surface area is 176 Å². The van der Waals surface area contributed by atoms with Crippen molar-refractivity contribution in [2.24, 2.45) is 5.73 Å². The summed E-state index contributed by atoms with van der Waals surface area (Å²) in [5.74, 6) is -1.77. The van der Waals surface area contributed by atoms with Gasteiger partial charge < -0.3 is 10.5 Å². The maximum atomic E-state index is 13.1. The molecule has 0 radical (unpaired) electrons. The summed E-state index contributed by atoms with van der Waals surface area (Å²) in [5, 5.41) is 0. The maximum absolute atomic E-state index is 13.1. The fourth-order valence-electron chi connectivity index (χ4n) is 2.95. The molecule has 8 heteroatoms. The topological polar surface area (TPSA) is 107 Å². The van der Waals surface area contributed by atoms with Gasteiger partial charge in [-0.05, 0) is 6.92 Å². The van der Waals surface area contributed by atoms with E-state index in [0.717, 1.165) is 12.7 Å². The van der Waals surface area contributed by atoms with Crippen LogP contribution in [0.4, 0.5) is 0 Å². The number of hydrogen-bond acceptors (Lipinski definition) is 6. The molecule has 0 amide bonds. The number of nitrogens with zero attached hydrogens (tertiary/aromatic N) is 1. The van der Waals surface area contributed by atoms with E-state index in [-0.39, 0.29) is 16.9 Å². The predicted octanol–water partition coefficient (Wildman–Crippen LogP) is 2.69.